The number of carbonyl (C=O) groups is 1. The van der Waals surface area contributed by atoms with Crippen LogP contribution in [0, 0.1) is 10.1 Å². The summed E-state index contributed by atoms with van der Waals surface area (Å²) in [5, 5.41) is 11.2. The van der Waals surface area contributed by atoms with Gasteiger partial charge < -0.3 is 18.9 Å². The molecule has 0 N–H and O–H groups in total. The van der Waals surface area contributed by atoms with Gasteiger partial charge in [0, 0.05) is 11.6 Å². The van der Waals surface area contributed by atoms with Crippen molar-refractivity contribution in [1.82, 2.24) is 0 Å². The predicted molar refractivity (Wildman–Crippen MR) is 104 cm³/mol. The number of esters is 1. The number of nitro benzene ring substituents is 1. The van der Waals surface area contributed by atoms with Crippen molar-refractivity contribution in [2.24, 2.45) is 4.99 Å². The Morgan fingerprint density at radius 2 is 1.83 bits per heavy atom. The fraction of sp³-hybridized carbons (Fsp3) is 0.200. The molecule has 0 amide bonds. The van der Waals surface area contributed by atoms with E-state index in [2.05, 4.69) is 4.99 Å². The molecule has 0 unspecified atom stereocenters. The van der Waals surface area contributed by atoms with Crippen molar-refractivity contribution in [1.29, 1.82) is 0 Å². The van der Waals surface area contributed by atoms with Gasteiger partial charge >= 0.3 is 11.7 Å². The number of aliphatic imine (C=N–C) groups is 1. The Labute approximate surface area is 166 Å². The van der Waals surface area contributed by atoms with Crippen molar-refractivity contribution in [3.05, 3.63) is 63.3 Å². The molecule has 29 heavy (non-hydrogen) atoms. The van der Waals surface area contributed by atoms with Crippen molar-refractivity contribution in [2.75, 3.05) is 20.8 Å². The molecule has 0 atom stereocenters. The Kier molecular flexibility index (Phi) is 5.77. The number of benzene rings is 2. The van der Waals surface area contributed by atoms with Crippen LogP contribution in [0.5, 0.6) is 17.2 Å². The summed E-state index contributed by atoms with van der Waals surface area (Å²) in [7, 11) is 2.85. The molecule has 0 bridgehead atoms. The molecule has 0 aromatic heterocycles. The van der Waals surface area contributed by atoms with E-state index < -0.39 is 10.9 Å². The largest absolute Gasteiger partial charge is 0.493 e. The smallest absolute Gasteiger partial charge is 0.363 e. The first kappa shape index (κ1) is 19.9. The lowest BCUT2D eigenvalue weighted by atomic mass is 10.1. The van der Waals surface area contributed by atoms with E-state index in [-0.39, 0.29) is 23.0 Å². The first-order chi connectivity index (χ1) is 14.0. The average molecular weight is 398 g/mol. The van der Waals surface area contributed by atoms with Gasteiger partial charge in [0.1, 0.15) is 0 Å². The van der Waals surface area contributed by atoms with Gasteiger partial charge in [0.05, 0.1) is 25.7 Å². The molecule has 0 fully saturated rings. The van der Waals surface area contributed by atoms with E-state index >= 15 is 0 Å². The maximum atomic E-state index is 12.2. The Hall–Kier alpha value is -3.88. The molecule has 9 nitrogen and oxygen atoms in total. The zero-order valence-corrected chi connectivity index (χ0v) is 16.0. The van der Waals surface area contributed by atoms with E-state index in [4.69, 9.17) is 18.9 Å². The van der Waals surface area contributed by atoms with E-state index in [1.807, 2.05) is 6.92 Å². The number of nitro groups is 1. The summed E-state index contributed by atoms with van der Waals surface area (Å²) < 4.78 is 20.9. The number of hydrogen-bond acceptors (Lipinski definition) is 8. The molecule has 0 saturated carbocycles. The predicted octanol–water partition coefficient (Wildman–Crippen LogP) is 3.36. The topological polar surface area (TPSA) is 109 Å². The third-order valence-corrected chi connectivity index (χ3v) is 4.03. The average Bonchev–Trinajstić information content (AvgIpc) is 3.09. The number of carbonyl (C=O) groups excluding carboxylic acids is 1. The molecule has 0 saturated heterocycles. The molecular weight excluding hydrogens is 380 g/mol. The second kappa shape index (κ2) is 8.42. The van der Waals surface area contributed by atoms with Crippen LogP contribution in [0.2, 0.25) is 0 Å². The second-order valence-electron chi connectivity index (χ2n) is 5.82. The highest BCUT2D eigenvalue weighted by Crippen LogP contribution is 2.31. The maximum absolute atomic E-state index is 12.2. The van der Waals surface area contributed by atoms with Crippen LogP contribution >= 0.6 is 0 Å². The van der Waals surface area contributed by atoms with Gasteiger partial charge in [0.15, 0.2) is 22.9 Å². The van der Waals surface area contributed by atoms with Crippen molar-refractivity contribution in [2.45, 2.75) is 6.92 Å². The molecular formula is C20H18N2O7. The highest BCUT2D eigenvalue weighted by Gasteiger charge is 2.26. The Bertz CT molecular complexity index is 1030. The Morgan fingerprint density at radius 3 is 2.48 bits per heavy atom. The summed E-state index contributed by atoms with van der Waals surface area (Å²) >= 11 is 0. The molecule has 0 radical (unpaired) electrons. The summed E-state index contributed by atoms with van der Waals surface area (Å²) in [4.78, 5) is 27.0. The van der Waals surface area contributed by atoms with Crippen LogP contribution in [-0.4, -0.2) is 37.6 Å². The van der Waals surface area contributed by atoms with Gasteiger partial charge in [0.2, 0.25) is 5.90 Å². The van der Waals surface area contributed by atoms with Gasteiger partial charge in [-0.25, -0.2) is 9.79 Å². The quantitative estimate of drug-likeness (QED) is 0.304. The number of rotatable bonds is 7. The number of hydrogen-bond donors (Lipinski definition) is 0. The van der Waals surface area contributed by atoms with Crippen molar-refractivity contribution in [3.63, 3.8) is 0 Å². The summed E-state index contributed by atoms with van der Waals surface area (Å²) in [6.07, 6.45) is 1.53. The van der Waals surface area contributed by atoms with Crippen LogP contribution in [0.3, 0.4) is 0 Å². The van der Waals surface area contributed by atoms with Crippen LogP contribution in [0.25, 0.3) is 6.08 Å². The molecule has 2 aromatic rings. The van der Waals surface area contributed by atoms with Gasteiger partial charge in [-0.3, -0.25) is 10.1 Å². The van der Waals surface area contributed by atoms with Crippen LogP contribution in [0.1, 0.15) is 18.1 Å². The minimum absolute atomic E-state index is 0.0232. The van der Waals surface area contributed by atoms with Gasteiger partial charge in [-0.1, -0.05) is 6.07 Å². The molecule has 9 heteroatoms. The van der Waals surface area contributed by atoms with Crippen molar-refractivity contribution in [3.8, 4) is 17.2 Å². The van der Waals surface area contributed by atoms with Crippen molar-refractivity contribution >= 4 is 23.6 Å². The second-order valence-corrected chi connectivity index (χ2v) is 5.82. The van der Waals surface area contributed by atoms with Gasteiger partial charge in [-0.15, -0.1) is 0 Å². The van der Waals surface area contributed by atoms with Crippen LogP contribution in [-0.2, 0) is 9.53 Å². The van der Waals surface area contributed by atoms with Crippen molar-refractivity contribution < 1.29 is 28.7 Å². The summed E-state index contributed by atoms with van der Waals surface area (Å²) in [6, 6.07) is 9.38. The highest BCUT2D eigenvalue weighted by atomic mass is 16.6. The number of nitrogens with zero attached hydrogens (tertiary/aromatic N) is 2. The van der Waals surface area contributed by atoms with Crippen LogP contribution in [0.4, 0.5) is 5.69 Å². The van der Waals surface area contributed by atoms with Gasteiger partial charge in [-0.05, 0) is 42.8 Å². The zero-order valence-electron chi connectivity index (χ0n) is 16.0. The molecule has 0 aliphatic carbocycles. The van der Waals surface area contributed by atoms with E-state index in [1.165, 1.54) is 38.5 Å². The minimum Gasteiger partial charge on any atom is -0.493 e. The number of cyclic esters (lactones) is 1. The summed E-state index contributed by atoms with van der Waals surface area (Å²) in [5.74, 6) is 0.514. The van der Waals surface area contributed by atoms with Crippen LogP contribution < -0.4 is 14.2 Å². The summed E-state index contributed by atoms with van der Waals surface area (Å²) in [6.45, 7) is 2.36. The fourth-order valence-corrected chi connectivity index (χ4v) is 2.70. The number of ether oxygens (including phenoxy) is 4. The third kappa shape index (κ3) is 4.18. The molecule has 1 aliphatic rings. The Balaban J connectivity index is 1.94. The molecule has 1 heterocycles. The highest BCUT2D eigenvalue weighted by molar-refractivity contribution is 6.13. The first-order valence-corrected chi connectivity index (χ1v) is 8.63. The molecule has 3 rings (SSSR count). The lowest BCUT2D eigenvalue weighted by Crippen LogP contribution is -2.06. The van der Waals surface area contributed by atoms with Gasteiger partial charge in [-0.2, -0.15) is 0 Å². The number of methoxy groups -OCH3 is 2. The van der Waals surface area contributed by atoms with Crippen LogP contribution in [0.15, 0.2) is 47.1 Å². The van der Waals surface area contributed by atoms with Gasteiger partial charge in [0.25, 0.3) is 0 Å². The molecule has 150 valence electrons. The Morgan fingerprint density at radius 1 is 1.10 bits per heavy atom. The standard InChI is InChI=1S/C20H18N2O7/c1-4-28-17-7-5-12(10-18(17)27-3)9-14-20(23)29-19(21-14)13-6-8-16(26-2)15(11-13)22(24)25/h5-11H,4H2,1-3H3/b14-9-. The first-order valence-electron chi connectivity index (χ1n) is 8.63. The fourth-order valence-electron chi connectivity index (χ4n) is 2.70. The lowest BCUT2D eigenvalue weighted by molar-refractivity contribution is -0.385. The molecule has 0 spiro atoms. The van der Waals surface area contributed by atoms with E-state index in [1.54, 1.807) is 18.2 Å². The van der Waals surface area contributed by atoms with E-state index in [0.29, 0.717) is 29.2 Å². The minimum atomic E-state index is -0.661. The van der Waals surface area contributed by atoms with E-state index in [0.717, 1.165) is 0 Å². The normalized spacial score (nSPS) is 14.4. The maximum Gasteiger partial charge on any atom is 0.363 e. The monoisotopic (exact) mass is 398 g/mol. The SMILES string of the molecule is CCOc1ccc(/C=C2\N=C(c3ccc(OC)c([N+](=O)[O-])c3)OC2=O)cc1OC. The lowest BCUT2D eigenvalue weighted by Gasteiger charge is -2.09. The zero-order chi connectivity index (χ0) is 21.0. The van der Waals surface area contributed by atoms with E-state index in [9.17, 15) is 14.9 Å². The summed E-state index contributed by atoms with van der Waals surface area (Å²) in [5.41, 5.74) is 0.753. The molecule has 2 aromatic carbocycles. The third-order valence-electron chi connectivity index (χ3n) is 4.03. The molecule has 1 aliphatic heterocycles.